The van der Waals surface area contributed by atoms with Gasteiger partial charge in [-0.05, 0) is 32.9 Å². The first-order valence-corrected chi connectivity index (χ1v) is 5.30. The smallest absolute Gasteiger partial charge is 0.146 e. The number of para-hydroxylation sites is 1. The van der Waals surface area contributed by atoms with Gasteiger partial charge in [0, 0.05) is 18.6 Å². The maximum Gasteiger partial charge on any atom is 0.146 e. The Morgan fingerprint density at radius 2 is 1.87 bits per heavy atom. The van der Waals surface area contributed by atoms with Crippen molar-refractivity contribution in [3.8, 4) is 0 Å². The van der Waals surface area contributed by atoms with Crippen molar-refractivity contribution in [1.82, 2.24) is 0 Å². The van der Waals surface area contributed by atoms with Crippen LogP contribution in [0.25, 0.3) is 0 Å². The summed E-state index contributed by atoms with van der Waals surface area (Å²) in [6, 6.07) is 7.19. The maximum absolute atomic E-state index is 13.6. The van der Waals surface area contributed by atoms with Crippen molar-refractivity contribution in [2.75, 3.05) is 11.4 Å². The summed E-state index contributed by atoms with van der Waals surface area (Å²) in [6.07, 6.45) is 0. The molecule has 0 radical (unpaired) electrons. The molecular weight excluding hydrogens is 191 g/mol. The van der Waals surface area contributed by atoms with Crippen molar-refractivity contribution in [2.45, 2.75) is 32.9 Å². The van der Waals surface area contributed by atoms with Crippen LogP contribution in [0.1, 0.15) is 20.8 Å². The molecule has 0 aliphatic rings. The molecule has 0 aliphatic heterocycles. The quantitative estimate of drug-likeness (QED) is 0.826. The lowest BCUT2D eigenvalue weighted by Gasteiger charge is -2.34. The highest BCUT2D eigenvalue weighted by Gasteiger charge is 2.18. The first-order valence-electron chi connectivity index (χ1n) is 5.30. The van der Waals surface area contributed by atoms with Crippen LogP contribution in [0, 0.1) is 5.82 Å². The lowest BCUT2D eigenvalue weighted by atomic mass is 10.1. The fraction of sp³-hybridized carbons (Fsp3) is 0.500. The van der Waals surface area contributed by atoms with E-state index in [1.54, 1.807) is 12.1 Å². The molecule has 0 heterocycles. The van der Waals surface area contributed by atoms with Gasteiger partial charge in [-0.1, -0.05) is 12.1 Å². The van der Waals surface area contributed by atoms with Crippen molar-refractivity contribution in [2.24, 2.45) is 5.73 Å². The number of anilines is 1. The lowest BCUT2D eigenvalue weighted by molar-refractivity contribution is 0.551. The van der Waals surface area contributed by atoms with Gasteiger partial charge in [-0.25, -0.2) is 4.39 Å². The summed E-state index contributed by atoms with van der Waals surface area (Å²) in [5.74, 6) is -0.188. The molecule has 0 spiro atoms. The molecule has 1 unspecified atom stereocenters. The third kappa shape index (κ3) is 2.69. The molecule has 0 amide bonds. The van der Waals surface area contributed by atoms with E-state index in [0.717, 1.165) is 0 Å². The van der Waals surface area contributed by atoms with E-state index in [2.05, 4.69) is 0 Å². The monoisotopic (exact) mass is 210 g/mol. The van der Waals surface area contributed by atoms with Gasteiger partial charge in [0.15, 0.2) is 0 Å². The van der Waals surface area contributed by atoms with E-state index in [0.29, 0.717) is 12.2 Å². The van der Waals surface area contributed by atoms with Crippen LogP contribution in [0.5, 0.6) is 0 Å². The van der Waals surface area contributed by atoms with Crippen LogP contribution in [0.15, 0.2) is 24.3 Å². The van der Waals surface area contributed by atoms with Crippen molar-refractivity contribution < 1.29 is 4.39 Å². The Hall–Kier alpha value is -1.09. The Labute approximate surface area is 90.9 Å². The fourth-order valence-corrected chi connectivity index (χ4v) is 1.80. The number of hydrogen-bond acceptors (Lipinski definition) is 2. The number of hydrogen-bond donors (Lipinski definition) is 1. The fourth-order valence-electron chi connectivity index (χ4n) is 1.80. The minimum absolute atomic E-state index is 0.141. The van der Waals surface area contributed by atoms with E-state index < -0.39 is 0 Å². The number of nitrogens with two attached hydrogens (primary N) is 1. The van der Waals surface area contributed by atoms with Crippen LogP contribution >= 0.6 is 0 Å². The molecule has 0 saturated heterocycles. The molecule has 2 N–H and O–H groups in total. The summed E-state index contributed by atoms with van der Waals surface area (Å²) in [5.41, 5.74) is 6.26. The van der Waals surface area contributed by atoms with Gasteiger partial charge in [-0.3, -0.25) is 0 Å². The van der Waals surface area contributed by atoms with E-state index in [9.17, 15) is 4.39 Å². The van der Waals surface area contributed by atoms with Crippen LogP contribution in [-0.2, 0) is 0 Å². The van der Waals surface area contributed by atoms with Gasteiger partial charge in [-0.15, -0.1) is 0 Å². The maximum atomic E-state index is 13.6. The Kier molecular flexibility index (Phi) is 4.09. The average Bonchev–Trinajstić information content (AvgIpc) is 2.20. The second-order valence-corrected chi connectivity index (χ2v) is 4.04. The van der Waals surface area contributed by atoms with Gasteiger partial charge in [0.25, 0.3) is 0 Å². The molecule has 84 valence electrons. The minimum atomic E-state index is -0.188. The summed E-state index contributed by atoms with van der Waals surface area (Å²) in [6.45, 7) is 6.61. The van der Waals surface area contributed by atoms with Gasteiger partial charge in [0.2, 0.25) is 0 Å². The van der Waals surface area contributed by atoms with Crippen molar-refractivity contribution in [3.63, 3.8) is 0 Å². The highest BCUT2D eigenvalue weighted by Crippen LogP contribution is 2.22. The van der Waals surface area contributed by atoms with Gasteiger partial charge >= 0.3 is 0 Å². The summed E-state index contributed by atoms with van der Waals surface area (Å²) >= 11 is 0. The summed E-state index contributed by atoms with van der Waals surface area (Å²) in [7, 11) is 0. The Bertz CT molecular complexity index is 312. The topological polar surface area (TPSA) is 29.3 Å². The normalized spacial score (nSPS) is 12.9. The van der Waals surface area contributed by atoms with Crippen LogP contribution < -0.4 is 10.6 Å². The molecule has 0 saturated carbocycles. The second kappa shape index (κ2) is 5.12. The number of nitrogens with zero attached hydrogens (tertiary/aromatic N) is 1. The molecule has 1 aromatic carbocycles. The van der Waals surface area contributed by atoms with Gasteiger partial charge < -0.3 is 10.6 Å². The molecule has 1 rings (SSSR count). The highest BCUT2D eigenvalue weighted by molar-refractivity contribution is 5.49. The van der Waals surface area contributed by atoms with E-state index in [4.69, 9.17) is 5.73 Å². The van der Waals surface area contributed by atoms with Crippen LogP contribution in [-0.4, -0.2) is 18.6 Å². The predicted molar refractivity (Wildman–Crippen MR) is 62.5 cm³/mol. The Balaban J connectivity index is 3.04. The van der Waals surface area contributed by atoms with E-state index >= 15 is 0 Å². The second-order valence-electron chi connectivity index (χ2n) is 4.04. The Morgan fingerprint density at radius 1 is 1.27 bits per heavy atom. The van der Waals surface area contributed by atoms with Crippen LogP contribution in [0.3, 0.4) is 0 Å². The van der Waals surface area contributed by atoms with E-state index in [-0.39, 0.29) is 17.9 Å². The third-order valence-electron chi connectivity index (χ3n) is 2.50. The predicted octanol–water partition coefficient (Wildman–Crippen LogP) is 2.39. The van der Waals surface area contributed by atoms with Gasteiger partial charge in [-0.2, -0.15) is 0 Å². The molecule has 2 nitrogen and oxygen atoms in total. The SMILES string of the molecule is CC(C)N(c1ccccc1F)C(C)CN. The highest BCUT2D eigenvalue weighted by atomic mass is 19.1. The summed E-state index contributed by atoms with van der Waals surface area (Å²) < 4.78 is 13.6. The molecule has 1 aromatic rings. The van der Waals surface area contributed by atoms with Gasteiger partial charge in [0.05, 0.1) is 5.69 Å². The molecule has 0 bridgehead atoms. The first kappa shape index (κ1) is 12.0. The van der Waals surface area contributed by atoms with Crippen molar-refractivity contribution >= 4 is 5.69 Å². The number of halogens is 1. The van der Waals surface area contributed by atoms with Gasteiger partial charge in [0.1, 0.15) is 5.82 Å². The molecule has 0 aliphatic carbocycles. The first-order chi connectivity index (χ1) is 7.07. The zero-order chi connectivity index (χ0) is 11.4. The molecule has 0 fully saturated rings. The van der Waals surface area contributed by atoms with E-state index in [1.807, 2.05) is 31.7 Å². The number of rotatable bonds is 4. The van der Waals surface area contributed by atoms with Crippen LogP contribution in [0.2, 0.25) is 0 Å². The van der Waals surface area contributed by atoms with Crippen LogP contribution in [0.4, 0.5) is 10.1 Å². The zero-order valence-electron chi connectivity index (χ0n) is 9.57. The van der Waals surface area contributed by atoms with Crippen molar-refractivity contribution in [3.05, 3.63) is 30.1 Å². The molecule has 15 heavy (non-hydrogen) atoms. The van der Waals surface area contributed by atoms with Crippen molar-refractivity contribution in [1.29, 1.82) is 0 Å². The number of benzene rings is 1. The third-order valence-corrected chi connectivity index (χ3v) is 2.50. The zero-order valence-corrected chi connectivity index (χ0v) is 9.57. The minimum Gasteiger partial charge on any atom is -0.363 e. The molecular formula is C12H19FN2. The van der Waals surface area contributed by atoms with E-state index in [1.165, 1.54) is 6.07 Å². The lowest BCUT2D eigenvalue weighted by Crippen LogP contribution is -2.43. The Morgan fingerprint density at radius 3 is 2.33 bits per heavy atom. The molecule has 0 aromatic heterocycles. The molecule has 3 heteroatoms. The standard InChI is InChI=1S/C12H19FN2/c1-9(2)15(10(3)8-14)12-7-5-4-6-11(12)13/h4-7,9-10H,8,14H2,1-3H3. The largest absolute Gasteiger partial charge is 0.363 e. The summed E-state index contributed by atoms with van der Waals surface area (Å²) in [5, 5.41) is 0. The molecule has 1 atom stereocenters. The summed E-state index contributed by atoms with van der Waals surface area (Å²) in [4.78, 5) is 2.01. The average molecular weight is 210 g/mol.